The summed E-state index contributed by atoms with van der Waals surface area (Å²) in [6.07, 6.45) is 4.03. The maximum Gasteiger partial charge on any atom is 0.0133 e. The Labute approximate surface area is 92.9 Å². The van der Waals surface area contributed by atoms with E-state index in [-0.39, 0.29) is 0 Å². The molecule has 0 spiro atoms. The van der Waals surface area contributed by atoms with Gasteiger partial charge in [-0.05, 0) is 56.3 Å². The van der Waals surface area contributed by atoms with Crippen LogP contribution >= 0.6 is 0 Å². The van der Waals surface area contributed by atoms with E-state index in [9.17, 15) is 0 Å². The second-order valence-corrected chi connectivity index (χ2v) is 4.78. The minimum Gasteiger partial charge on any atom is -0.316 e. The number of hydrogen-bond donors (Lipinski definition) is 1. The highest BCUT2D eigenvalue weighted by atomic mass is 14.9. The van der Waals surface area contributed by atoms with Gasteiger partial charge in [-0.15, -0.1) is 0 Å². The molecule has 1 aliphatic rings. The molecular weight excluding hydrogens is 182 g/mol. The van der Waals surface area contributed by atoms with Crippen LogP contribution < -0.4 is 5.32 Å². The lowest BCUT2D eigenvalue weighted by atomic mass is 9.92. The first-order valence-electron chi connectivity index (χ1n) is 5.97. The quantitative estimate of drug-likeness (QED) is 0.778. The Kier molecular flexibility index (Phi) is 3.11. The van der Waals surface area contributed by atoms with Gasteiger partial charge in [0.2, 0.25) is 0 Å². The molecule has 0 saturated heterocycles. The Morgan fingerprint density at radius 3 is 2.60 bits per heavy atom. The van der Waals surface area contributed by atoms with Gasteiger partial charge in [-0.1, -0.05) is 24.6 Å². The highest BCUT2D eigenvalue weighted by molar-refractivity contribution is 5.33. The lowest BCUT2D eigenvalue weighted by Crippen LogP contribution is -2.27. The molecule has 0 aromatic heterocycles. The fourth-order valence-electron chi connectivity index (χ4n) is 2.70. The van der Waals surface area contributed by atoms with Crippen molar-refractivity contribution in [3.05, 3.63) is 34.9 Å². The molecule has 1 nitrogen and oxygen atoms in total. The molecule has 0 amide bonds. The maximum absolute atomic E-state index is 3.45. The van der Waals surface area contributed by atoms with E-state index < -0.39 is 0 Å². The van der Waals surface area contributed by atoms with Gasteiger partial charge in [0.25, 0.3) is 0 Å². The molecule has 0 bridgehead atoms. The van der Waals surface area contributed by atoms with E-state index in [2.05, 4.69) is 44.4 Å². The van der Waals surface area contributed by atoms with Gasteiger partial charge in [0.1, 0.15) is 0 Å². The molecule has 2 rings (SSSR count). The SMILES string of the molecule is CNC1CCCC1c1ccc(C)c(C)c1. The third kappa shape index (κ3) is 2.07. The Hall–Kier alpha value is -0.820. The second-order valence-electron chi connectivity index (χ2n) is 4.78. The van der Waals surface area contributed by atoms with Gasteiger partial charge in [0.05, 0.1) is 0 Å². The fourth-order valence-corrected chi connectivity index (χ4v) is 2.70. The molecule has 1 fully saturated rings. The Morgan fingerprint density at radius 1 is 1.13 bits per heavy atom. The van der Waals surface area contributed by atoms with Gasteiger partial charge in [0, 0.05) is 6.04 Å². The van der Waals surface area contributed by atoms with Gasteiger partial charge in [0.15, 0.2) is 0 Å². The predicted molar refractivity (Wildman–Crippen MR) is 65.4 cm³/mol. The highest BCUT2D eigenvalue weighted by Crippen LogP contribution is 2.34. The Balaban J connectivity index is 2.25. The van der Waals surface area contributed by atoms with E-state index >= 15 is 0 Å². The van der Waals surface area contributed by atoms with Crippen molar-refractivity contribution >= 4 is 0 Å². The number of likely N-dealkylation sites (N-methyl/N-ethyl adjacent to an activating group) is 1. The third-order valence-corrected chi connectivity index (χ3v) is 3.85. The smallest absolute Gasteiger partial charge is 0.0133 e. The van der Waals surface area contributed by atoms with E-state index in [1.165, 1.54) is 36.0 Å². The standard InChI is InChI=1S/C14H21N/c1-10-7-8-12(9-11(10)2)13-5-4-6-14(13)15-3/h7-9,13-15H,4-6H2,1-3H3. The molecule has 2 atom stereocenters. The lowest BCUT2D eigenvalue weighted by Gasteiger charge is -2.20. The Morgan fingerprint density at radius 2 is 1.93 bits per heavy atom. The molecule has 82 valence electrons. The van der Waals surface area contributed by atoms with Crippen LogP contribution in [0.15, 0.2) is 18.2 Å². The summed E-state index contributed by atoms with van der Waals surface area (Å²) < 4.78 is 0. The number of rotatable bonds is 2. The molecule has 1 N–H and O–H groups in total. The van der Waals surface area contributed by atoms with E-state index in [4.69, 9.17) is 0 Å². The molecule has 1 aromatic carbocycles. The zero-order valence-electron chi connectivity index (χ0n) is 10.0. The summed E-state index contributed by atoms with van der Waals surface area (Å²) in [6.45, 7) is 4.39. The van der Waals surface area contributed by atoms with Gasteiger partial charge >= 0.3 is 0 Å². The van der Waals surface area contributed by atoms with Crippen LogP contribution in [0.4, 0.5) is 0 Å². The monoisotopic (exact) mass is 203 g/mol. The summed E-state index contributed by atoms with van der Waals surface area (Å²) in [6, 6.07) is 7.63. The number of hydrogen-bond acceptors (Lipinski definition) is 1. The van der Waals surface area contributed by atoms with Crippen molar-refractivity contribution < 1.29 is 0 Å². The molecule has 1 heteroatoms. The molecule has 2 unspecified atom stereocenters. The van der Waals surface area contributed by atoms with E-state index in [1.54, 1.807) is 0 Å². The molecule has 0 heterocycles. The minimum atomic E-state index is 0.687. The lowest BCUT2D eigenvalue weighted by molar-refractivity contribution is 0.522. The van der Waals surface area contributed by atoms with Crippen LogP contribution in [0.3, 0.4) is 0 Å². The Bertz CT molecular complexity index is 343. The van der Waals surface area contributed by atoms with Crippen molar-refractivity contribution in [3.8, 4) is 0 Å². The van der Waals surface area contributed by atoms with Gasteiger partial charge in [-0.25, -0.2) is 0 Å². The number of nitrogens with one attached hydrogen (secondary N) is 1. The summed E-state index contributed by atoms with van der Waals surface area (Å²) in [4.78, 5) is 0. The molecule has 1 saturated carbocycles. The molecule has 0 radical (unpaired) electrons. The molecular formula is C14H21N. The average molecular weight is 203 g/mol. The fraction of sp³-hybridized carbons (Fsp3) is 0.571. The van der Waals surface area contributed by atoms with E-state index in [0.717, 1.165) is 5.92 Å². The summed E-state index contributed by atoms with van der Waals surface area (Å²) in [5, 5.41) is 3.45. The summed E-state index contributed by atoms with van der Waals surface area (Å²) in [5.41, 5.74) is 4.35. The minimum absolute atomic E-state index is 0.687. The first kappa shape index (κ1) is 10.7. The summed E-state index contributed by atoms with van der Waals surface area (Å²) >= 11 is 0. The van der Waals surface area contributed by atoms with Gasteiger partial charge in [-0.3, -0.25) is 0 Å². The van der Waals surface area contributed by atoms with Crippen LogP contribution in [0.1, 0.15) is 41.9 Å². The number of benzene rings is 1. The number of aryl methyl sites for hydroxylation is 2. The normalized spacial score (nSPS) is 25.8. The van der Waals surface area contributed by atoms with Gasteiger partial charge in [-0.2, -0.15) is 0 Å². The summed E-state index contributed by atoms with van der Waals surface area (Å²) in [5.74, 6) is 0.731. The molecule has 1 aromatic rings. The van der Waals surface area contributed by atoms with Crippen LogP contribution in [0.5, 0.6) is 0 Å². The topological polar surface area (TPSA) is 12.0 Å². The predicted octanol–water partition coefficient (Wildman–Crippen LogP) is 3.16. The van der Waals surface area contributed by atoms with Crippen LogP contribution in [0, 0.1) is 13.8 Å². The zero-order valence-corrected chi connectivity index (χ0v) is 10.0. The third-order valence-electron chi connectivity index (χ3n) is 3.85. The molecule has 1 aliphatic carbocycles. The molecule has 15 heavy (non-hydrogen) atoms. The van der Waals surface area contributed by atoms with Crippen molar-refractivity contribution in [1.82, 2.24) is 5.32 Å². The van der Waals surface area contributed by atoms with Crippen molar-refractivity contribution in [3.63, 3.8) is 0 Å². The van der Waals surface area contributed by atoms with Gasteiger partial charge < -0.3 is 5.32 Å². The zero-order chi connectivity index (χ0) is 10.8. The van der Waals surface area contributed by atoms with Crippen LogP contribution in [-0.4, -0.2) is 13.1 Å². The van der Waals surface area contributed by atoms with Crippen LogP contribution in [-0.2, 0) is 0 Å². The van der Waals surface area contributed by atoms with E-state index in [0.29, 0.717) is 6.04 Å². The van der Waals surface area contributed by atoms with Crippen LogP contribution in [0.25, 0.3) is 0 Å². The maximum atomic E-state index is 3.45. The molecule has 0 aliphatic heterocycles. The van der Waals surface area contributed by atoms with Crippen molar-refractivity contribution in [2.24, 2.45) is 0 Å². The summed E-state index contributed by atoms with van der Waals surface area (Å²) in [7, 11) is 2.09. The van der Waals surface area contributed by atoms with Crippen LogP contribution in [0.2, 0.25) is 0 Å². The largest absolute Gasteiger partial charge is 0.316 e. The van der Waals surface area contributed by atoms with E-state index in [1.807, 2.05) is 0 Å². The highest BCUT2D eigenvalue weighted by Gasteiger charge is 2.27. The van der Waals surface area contributed by atoms with Crippen molar-refractivity contribution in [2.45, 2.75) is 45.1 Å². The first-order chi connectivity index (χ1) is 7.22. The average Bonchev–Trinajstić information content (AvgIpc) is 2.70. The first-order valence-corrected chi connectivity index (χ1v) is 5.97. The van der Waals surface area contributed by atoms with Crippen molar-refractivity contribution in [1.29, 1.82) is 0 Å². The van der Waals surface area contributed by atoms with Crippen molar-refractivity contribution in [2.75, 3.05) is 7.05 Å². The second kappa shape index (κ2) is 4.36.